The van der Waals surface area contributed by atoms with Crippen molar-refractivity contribution in [2.24, 2.45) is 0 Å². The Morgan fingerprint density at radius 2 is 2.06 bits per heavy atom. The number of amides is 1. The standard InChI is InChI=1S/C13H17NO4/c1-9(2)14-12(15)8-18-13(16)10-5-4-6-11(7-10)17-3/h4-7,9H,8H2,1-3H3,(H,14,15). The lowest BCUT2D eigenvalue weighted by Gasteiger charge is -2.09. The maximum absolute atomic E-state index is 11.6. The average molecular weight is 251 g/mol. The molecule has 0 bridgehead atoms. The van der Waals surface area contributed by atoms with Gasteiger partial charge in [0.05, 0.1) is 12.7 Å². The van der Waals surface area contributed by atoms with Gasteiger partial charge in [-0.15, -0.1) is 0 Å². The number of esters is 1. The van der Waals surface area contributed by atoms with Crippen molar-refractivity contribution in [3.05, 3.63) is 29.8 Å². The number of methoxy groups -OCH3 is 1. The highest BCUT2D eigenvalue weighted by atomic mass is 16.5. The van der Waals surface area contributed by atoms with Crippen LogP contribution in [0, 0.1) is 0 Å². The van der Waals surface area contributed by atoms with Gasteiger partial charge in [-0.2, -0.15) is 0 Å². The van der Waals surface area contributed by atoms with Crippen LogP contribution in [0.3, 0.4) is 0 Å². The Balaban J connectivity index is 2.52. The molecule has 1 rings (SSSR count). The largest absolute Gasteiger partial charge is 0.497 e. The minimum Gasteiger partial charge on any atom is -0.497 e. The van der Waals surface area contributed by atoms with E-state index in [4.69, 9.17) is 9.47 Å². The molecule has 1 N–H and O–H groups in total. The number of carbonyl (C=O) groups is 2. The van der Waals surface area contributed by atoms with Gasteiger partial charge in [0.1, 0.15) is 5.75 Å². The summed E-state index contributed by atoms with van der Waals surface area (Å²) < 4.78 is 9.88. The van der Waals surface area contributed by atoms with Crippen molar-refractivity contribution < 1.29 is 19.1 Å². The Bertz CT molecular complexity index is 429. The highest BCUT2D eigenvalue weighted by Gasteiger charge is 2.11. The molecule has 1 aromatic rings. The minimum atomic E-state index is -0.548. The Morgan fingerprint density at radius 1 is 1.33 bits per heavy atom. The molecule has 0 aliphatic rings. The van der Waals surface area contributed by atoms with Crippen LogP contribution in [0.4, 0.5) is 0 Å². The van der Waals surface area contributed by atoms with Crippen molar-refractivity contribution in [1.29, 1.82) is 0 Å². The van der Waals surface area contributed by atoms with Gasteiger partial charge in [-0.1, -0.05) is 6.07 Å². The van der Waals surface area contributed by atoms with Crippen LogP contribution in [0.5, 0.6) is 5.75 Å². The number of benzene rings is 1. The van der Waals surface area contributed by atoms with E-state index in [1.54, 1.807) is 24.3 Å². The van der Waals surface area contributed by atoms with Gasteiger partial charge in [0.2, 0.25) is 0 Å². The lowest BCUT2D eigenvalue weighted by atomic mass is 10.2. The number of rotatable bonds is 5. The molecule has 0 unspecified atom stereocenters. The van der Waals surface area contributed by atoms with Crippen molar-refractivity contribution in [1.82, 2.24) is 5.32 Å². The lowest BCUT2D eigenvalue weighted by molar-refractivity contribution is -0.124. The molecule has 0 saturated carbocycles. The zero-order valence-corrected chi connectivity index (χ0v) is 10.7. The van der Waals surface area contributed by atoms with E-state index < -0.39 is 5.97 Å². The maximum Gasteiger partial charge on any atom is 0.338 e. The smallest absolute Gasteiger partial charge is 0.338 e. The van der Waals surface area contributed by atoms with Crippen molar-refractivity contribution in [2.45, 2.75) is 19.9 Å². The Kier molecular flexibility index (Phi) is 5.17. The molecule has 98 valence electrons. The molecule has 1 aromatic carbocycles. The molecule has 0 aliphatic heterocycles. The molecule has 0 fully saturated rings. The van der Waals surface area contributed by atoms with Crippen molar-refractivity contribution in [3.8, 4) is 5.75 Å². The summed E-state index contributed by atoms with van der Waals surface area (Å²) in [4.78, 5) is 22.9. The summed E-state index contributed by atoms with van der Waals surface area (Å²) in [7, 11) is 1.51. The SMILES string of the molecule is COc1cccc(C(=O)OCC(=O)NC(C)C)c1. The number of hydrogen-bond acceptors (Lipinski definition) is 4. The van der Waals surface area contributed by atoms with Crippen LogP contribution in [0.15, 0.2) is 24.3 Å². The molecule has 0 atom stereocenters. The third-order valence-electron chi connectivity index (χ3n) is 2.09. The lowest BCUT2D eigenvalue weighted by Crippen LogP contribution is -2.33. The van der Waals surface area contributed by atoms with Crippen LogP contribution in [0.25, 0.3) is 0 Å². The van der Waals surface area contributed by atoms with E-state index in [1.165, 1.54) is 7.11 Å². The summed E-state index contributed by atoms with van der Waals surface area (Å²) in [6.45, 7) is 3.39. The first kappa shape index (κ1) is 14.0. The van der Waals surface area contributed by atoms with Gasteiger partial charge in [0.25, 0.3) is 5.91 Å². The van der Waals surface area contributed by atoms with Crippen LogP contribution >= 0.6 is 0 Å². The van der Waals surface area contributed by atoms with Gasteiger partial charge in [0.15, 0.2) is 6.61 Å². The normalized spacial score (nSPS) is 10.0. The topological polar surface area (TPSA) is 64.6 Å². The zero-order chi connectivity index (χ0) is 13.5. The molecule has 0 aromatic heterocycles. The van der Waals surface area contributed by atoms with Crippen molar-refractivity contribution in [2.75, 3.05) is 13.7 Å². The molecule has 0 radical (unpaired) electrons. The van der Waals surface area contributed by atoms with Gasteiger partial charge in [-0.05, 0) is 32.0 Å². The van der Waals surface area contributed by atoms with E-state index in [9.17, 15) is 9.59 Å². The van der Waals surface area contributed by atoms with Gasteiger partial charge in [-0.3, -0.25) is 4.79 Å². The quantitative estimate of drug-likeness (QED) is 0.803. The highest BCUT2D eigenvalue weighted by molar-refractivity contribution is 5.91. The first-order valence-electron chi connectivity index (χ1n) is 5.63. The Labute approximate surface area is 106 Å². The summed E-state index contributed by atoms with van der Waals surface area (Å²) in [6.07, 6.45) is 0. The number of carbonyl (C=O) groups excluding carboxylic acids is 2. The third-order valence-corrected chi connectivity index (χ3v) is 2.09. The summed E-state index contributed by atoms with van der Waals surface area (Å²) in [5.74, 6) is -0.301. The molecular formula is C13H17NO4. The first-order valence-corrected chi connectivity index (χ1v) is 5.63. The maximum atomic E-state index is 11.6. The van der Waals surface area contributed by atoms with E-state index in [-0.39, 0.29) is 18.6 Å². The van der Waals surface area contributed by atoms with Crippen molar-refractivity contribution in [3.63, 3.8) is 0 Å². The van der Waals surface area contributed by atoms with Gasteiger partial charge in [-0.25, -0.2) is 4.79 Å². The van der Waals surface area contributed by atoms with Gasteiger partial charge >= 0.3 is 5.97 Å². The van der Waals surface area contributed by atoms with Crippen LogP contribution in [-0.2, 0) is 9.53 Å². The Hall–Kier alpha value is -2.04. The van der Waals surface area contributed by atoms with Crippen molar-refractivity contribution >= 4 is 11.9 Å². The van der Waals surface area contributed by atoms with Gasteiger partial charge in [0, 0.05) is 6.04 Å². The Morgan fingerprint density at radius 3 is 2.67 bits per heavy atom. The molecule has 18 heavy (non-hydrogen) atoms. The van der Waals surface area contributed by atoms with E-state index in [1.807, 2.05) is 13.8 Å². The first-order chi connectivity index (χ1) is 8.52. The fraction of sp³-hybridized carbons (Fsp3) is 0.385. The van der Waals surface area contributed by atoms with E-state index in [2.05, 4.69) is 5.32 Å². The molecule has 1 amide bonds. The van der Waals surface area contributed by atoms with Crippen LogP contribution in [0.1, 0.15) is 24.2 Å². The fourth-order valence-electron chi connectivity index (χ4n) is 1.33. The summed E-state index contributed by atoms with van der Waals surface area (Å²) in [5, 5.41) is 2.63. The molecule has 5 nitrogen and oxygen atoms in total. The second-order valence-electron chi connectivity index (χ2n) is 4.03. The van der Waals surface area contributed by atoms with E-state index in [0.29, 0.717) is 11.3 Å². The van der Waals surface area contributed by atoms with Crippen LogP contribution < -0.4 is 10.1 Å². The van der Waals surface area contributed by atoms with Crippen LogP contribution in [0.2, 0.25) is 0 Å². The molecular weight excluding hydrogens is 234 g/mol. The van der Waals surface area contributed by atoms with E-state index >= 15 is 0 Å². The second kappa shape index (κ2) is 6.64. The molecule has 0 saturated heterocycles. The zero-order valence-electron chi connectivity index (χ0n) is 10.7. The number of hydrogen-bond donors (Lipinski definition) is 1. The molecule has 0 heterocycles. The monoisotopic (exact) mass is 251 g/mol. The second-order valence-corrected chi connectivity index (χ2v) is 4.03. The third kappa shape index (κ3) is 4.45. The van der Waals surface area contributed by atoms with Gasteiger partial charge < -0.3 is 14.8 Å². The number of nitrogens with one attached hydrogen (secondary N) is 1. The summed E-state index contributed by atoms with van der Waals surface area (Å²) in [5.41, 5.74) is 0.353. The average Bonchev–Trinajstić information content (AvgIpc) is 2.35. The molecule has 5 heteroatoms. The predicted molar refractivity (Wildman–Crippen MR) is 66.6 cm³/mol. The number of ether oxygens (including phenoxy) is 2. The minimum absolute atomic E-state index is 0.0213. The van der Waals surface area contributed by atoms with Crippen LogP contribution in [-0.4, -0.2) is 31.6 Å². The summed E-state index contributed by atoms with van der Waals surface area (Å²) >= 11 is 0. The summed E-state index contributed by atoms with van der Waals surface area (Å²) in [6, 6.07) is 6.59. The predicted octanol–water partition coefficient (Wildman–Crippen LogP) is 1.38. The highest BCUT2D eigenvalue weighted by Crippen LogP contribution is 2.13. The van der Waals surface area contributed by atoms with E-state index in [0.717, 1.165) is 0 Å². The molecule has 0 spiro atoms. The molecule has 0 aliphatic carbocycles. The fourth-order valence-corrected chi connectivity index (χ4v) is 1.33.